The Morgan fingerprint density at radius 2 is 1.39 bits per heavy atom. The van der Waals surface area contributed by atoms with Gasteiger partial charge in [-0.15, -0.1) is 0 Å². The first kappa shape index (κ1) is 34.5. The molecule has 1 fully saturated rings. The lowest BCUT2D eigenvalue weighted by Gasteiger charge is -2.31. The molecule has 3 aromatic carbocycles. The Morgan fingerprint density at radius 1 is 0.796 bits per heavy atom. The Bertz CT molecular complexity index is 2030. The number of amides is 3. The highest BCUT2D eigenvalue weighted by Gasteiger charge is 2.58. The van der Waals surface area contributed by atoms with Crippen LogP contribution in [0, 0.1) is 5.92 Å². The van der Waals surface area contributed by atoms with Crippen molar-refractivity contribution in [1.82, 2.24) is 4.57 Å². The van der Waals surface area contributed by atoms with Gasteiger partial charge in [0.2, 0.25) is 17.7 Å². The Hall–Kier alpha value is -4.37. The molecule has 0 saturated carbocycles. The summed E-state index contributed by atoms with van der Waals surface area (Å²) in [7, 11) is 0. The highest BCUT2D eigenvalue weighted by Crippen LogP contribution is 2.54. The van der Waals surface area contributed by atoms with Crippen LogP contribution in [0.2, 0.25) is 0 Å². The van der Waals surface area contributed by atoms with Gasteiger partial charge < -0.3 is 5.32 Å². The number of anilines is 2. The highest BCUT2D eigenvalue weighted by molar-refractivity contribution is 8.00. The van der Waals surface area contributed by atoms with Gasteiger partial charge in [-0.2, -0.15) is 26.3 Å². The van der Waals surface area contributed by atoms with Crippen molar-refractivity contribution < 1.29 is 40.7 Å². The number of aromatic nitrogens is 1. The van der Waals surface area contributed by atoms with E-state index in [9.17, 15) is 45.5 Å². The number of nitrogens with zero attached hydrogens (tertiary/aromatic N) is 2. The first-order valence-electron chi connectivity index (χ1n) is 14.9. The van der Waals surface area contributed by atoms with E-state index in [1.54, 1.807) is 12.1 Å². The van der Waals surface area contributed by atoms with Crippen molar-refractivity contribution in [2.75, 3.05) is 10.2 Å². The first-order valence-corrected chi connectivity index (χ1v) is 16.6. The van der Waals surface area contributed by atoms with Crippen molar-refractivity contribution in [3.63, 3.8) is 0 Å². The van der Waals surface area contributed by atoms with Crippen molar-refractivity contribution in [1.29, 1.82) is 0 Å². The van der Waals surface area contributed by atoms with E-state index in [4.69, 9.17) is 0 Å². The third kappa shape index (κ3) is 6.29. The number of benzene rings is 3. The molecule has 0 aliphatic carbocycles. The predicted molar refractivity (Wildman–Crippen MR) is 173 cm³/mol. The molecule has 1 N–H and O–H groups in total. The second-order valence-corrected chi connectivity index (χ2v) is 14.8. The van der Waals surface area contributed by atoms with Crippen LogP contribution in [0.3, 0.4) is 0 Å². The summed E-state index contributed by atoms with van der Waals surface area (Å²) >= 11 is 1.49. The SMILES string of the molecule is CC(C)(C)c1ccc(C2c3sc(=O)n(CC(=O)Nc4ccccc4C(F)(F)F)c3SC3C(=O)N(c4ccccc4C(F)(F)F)C(=O)C32)cc1. The number of thiazole rings is 1. The highest BCUT2D eigenvalue weighted by atomic mass is 32.2. The molecule has 2 aliphatic rings. The summed E-state index contributed by atoms with van der Waals surface area (Å²) in [6, 6.07) is 15.7. The summed E-state index contributed by atoms with van der Waals surface area (Å²) in [6.07, 6.45) is -9.65. The van der Waals surface area contributed by atoms with Gasteiger partial charge in [0.15, 0.2) is 0 Å². The lowest BCUT2D eigenvalue weighted by Crippen LogP contribution is -2.33. The van der Waals surface area contributed by atoms with Crippen LogP contribution in [0.1, 0.15) is 53.8 Å². The zero-order valence-electron chi connectivity index (χ0n) is 26.0. The molecule has 0 spiro atoms. The lowest BCUT2D eigenvalue weighted by atomic mass is 9.81. The average Bonchev–Trinajstić information content (AvgIpc) is 3.46. The number of hydrogen-bond acceptors (Lipinski definition) is 6. The fourth-order valence-corrected chi connectivity index (χ4v) is 8.90. The number of nitrogens with one attached hydrogen (secondary N) is 1. The van der Waals surface area contributed by atoms with Crippen LogP contribution in [0.5, 0.6) is 0 Å². The van der Waals surface area contributed by atoms with E-state index in [2.05, 4.69) is 5.32 Å². The second-order valence-electron chi connectivity index (χ2n) is 12.7. The maximum atomic E-state index is 14.1. The molecular formula is C34H27F6N3O4S2. The van der Waals surface area contributed by atoms with Gasteiger partial charge in [-0.25, -0.2) is 4.90 Å². The number of thioether (sulfide) groups is 1. The Labute approximate surface area is 283 Å². The number of fused-ring (bicyclic) bond motifs is 2. The van der Waals surface area contributed by atoms with Crippen molar-refractivity contribution in [3.8, 4) is 0 Å². The molecule has 3 atom stereocenters. The Morgan fingerprint density at radius 3 is 2.00 bits per heavy atom. The molecule has 3 unspecified atom stereocenters. The van der Waals surface area contributed by atoms with Gasteiger partial charge in [0.05, 0.1) is 33.4 Å². The number of rotatable bonds is 5. The largest absolute Gasteiger partial charge is 0.418 e. The molecule has 1 aromatic heterocycles. The normalized spacial score (nSPS) is 19.5. The van der Waals surface area contributed by atoms with Gasteiger partial charge in [0, 0.05) is 10.8 Å². The second kappa shape index (κ2) is 12.2. The number of carbonyl (C=O) groups excluding carboxylic acids is 3. The molecule has 0 radical (unpaired) electrons. The molecule has 7 nitrogen and oxygen atoms in total. The maximum Gasteiger partial charge on any atom is 0.418 e. The minimum atomic E-state index is -4.88. The van der Waals surface area contributed by atoms with Gasteiger partial charge in [-0.1, -0.05) is 92.4 Å². The Kier molecular flexibility index (Phi) is 8.58. The topological polar surface area (TPSA) is 88.5 Å². The molecule has 1 saturated heterocycles. The number of halogens is 6. The number of para-hydroxylation sites is 2. The van der Waals surface area contributed by atoms with E-state index in [1.165, 1.54) is 12.1 Å². The van der Waals surface area contributed by atoms with Gasteiger partial charge in [0.25, 0.3) is 0 Å². The van der Waals surface area contributed by atoms with Crippen molar-refractivity contribution >= 4 is 52.2 Å². The van der Waals surface area contributed by atoms with Crippen molar-refractivity contribution in [3.05, 3.63) is 110 Å². The summed E-state index contributed by atoms with van der Waals surface area (Å²) in [5.74, 6) is -4.91. The summed E-state index contributed by atoms with van der Waals surface area (Å²) in [4.78, 5) is 54.8. The predicted octanol–water partition coefficient (Wildman–Crippen LogP) is 7.68. The molecule has 3 amide bonds. The van der Waals surface area contributed by atoms with Crippen LogP contribution in [-0.4, -0.2) is 27.5 Å². The monoisotopic (exact) mass is 719 g/mol. The first-order chi connectivity index (χ1) is 22.9. The van der Waals surface area contributed by atoms with Crippen LogP contribution in [0.4, 0.5) is 37.7 Å². The summed E-state index contributed by atoms with van der Waals surface area (Å²) in [5.41, 5.74) is -2.19. The maximum absolute atomic E-state index is 14.1. The van der Waals surface area contributed by atoms with E-state index in [0.29, 0.717) is 26.7 Å². The fraction of sp³-hybridized carbons (Fsp3) is 0.294. The number of alkyl halides is 6. The zero-order valence-corrected chi connectivity index (χ0v) is 27.6. The van der Waals surface area contributed by atoms with E-state index in [1.807, 2.05) is 32.9 Å². The smallest absolute Gasteiger partial charge is 0.324 e. The van der Waals surface area contributed by atoms with E-state index < -0.39 is 81.1 Å². The molecule has 6 rings (SSSR count). The molecule has 4 aromatic rings. The molecule has 256 valence electrons. The summed E-state index contributed by atoms with van der Waals surface area (Å²) < 4.78 is 83.8. The third-order valence-corrected chi connectivity index (χ3v) is 11.0. The molecule has 49 heavy (non-hydrogen) atoms. The van der Waals surface area contributed by atoms with Gasteiger partial charge in [0.1, 0.15) is 11.8 Å². The molecular weight excluding hydrogens is 693 g/mol. The minimum Gasteiger partial charge on any atom is -0.324 e. The summed E-state index contributed by atoms with van der Waals surface area (Å²) in [6.45, 7) is 5.26. The third-order valence-electron chi connectivity index (χ3n) is 8.44. The number of hydrogen-bond donors (Lipinski definition) is 1. The van der Waals surface area contributed by atoms with E-state index in [0.717, 1.165) is 58.3 Å². The van der Waals surface area contributed by atoms with Gasteiger partial charge in [-0.05, 0) is 40.8 Å². The molecule has 0 bridgehead atoms. The van der Waals surface area contributed by atoms with Crippen molar-refractivity contribution in [2.45, 2.75) is 61.3 Å². The van der Waals surface area contributed by atoms with Crippen LogP contribution >= 0.6 is 23.1 Å². The number of imide groups is 1. The minimum absolute atomic E-state index is 0.132. The molecule has 3 heterocycles. The Balaban J connectivity index is 1.44. The fourth-order valence-electron chi connectivity index (χ4n) is 6.12. The summed E-state index contributed by atoms with van der Waals surface area (Å²) in [5, 5.41) is 1.06. The quantitative estimate of drug-likeness (QED) is 0.169. The van der Waals surface area contributed by atoms with Gasteiger partial charge in [-0.3, -0.25) is 23.7 Å². The van der Waals surface area contributed by atoms with E-state index in [-0.39, 0.29) is 10.4 Å². The van der Waals surface area contributed by atoms with Crippen molar-refractivity contribution in [2.24, 2.45) is 5.92 Å². The van der Waals surface area contributed by atoms with Crippen LogP contribution < -0.4 is 15.1 Å². The van der Waals surface area contributed by atoms with E-state index >= 15 is 0 Å². The standard InChI is InChI=1S/C34H27F6N3O4S2/c1-32(2,3)18-14-12-17(13-15-18)24-25-26(29(46)43(28(25)45)22-11-7-5-9-20(22)34(38,39)40)48-30-27(24)49-31(47)42(30)16-23(44)41-21-10-6-4-8-19(21)33(35,36)37/h4-15,24-26H,16H2,1-3H3,(H,41,44). The van der Waals surface area contributed by atoms with Crippen LogP contribution in [0.25, 0.3) is 0 Å². The molecule has 15 heteroatoms. The average molecular weight is 720 g/mol. The van der Waals surface area contributed by atoms with Gasteiger partial charge >= 0.3 is 17.2 Å². The van der Waals surface area contributed by atoms with Crippen LogP contribution in [0.15, 0.2) is 82.6 Å². The zero-order chi connectivity index (χ0) is 35.6. The molecule has 2 aliphatic heterocycles. The van der Waals surface area contributed by atoms with Crippen LogP contribution in [-0.2, 0) is 38.7 Å². The number of carbonyl (C=O) groups is 3. The lowest BCUT2D eigenvalue weighted by molar-refractivity contribution is -0.138.